The lowest BCUT2D eigenvalue weighted by atomic mass is 10.4. The summed E-state index contributed by atoms with van der Waals surface area (Å²) >= 11 is 0. The summed E-state index contributed by atoms with van der Waals surface area (Å²) in [7, 11) is -2.63. The summed E-state index contributed by atoms with van der Waals surface area (Å²) in [6.45, 7) is 1.37. The van der Waals surface area contributed by atoms with Crippen molar-refractivity contribution in [3.63, 3.8) is 0 Å². The summed E-state index contributed by atoms with van der Waals surface area (Å²) in [6, 6.07) is 4.38. The van der Waals surface area contributed by atoms with Gasteiger partial charge >= 0.3 is 5.97 Å². The minimum absolute atomic E-state index is 0.0720. The highest BCUT2D eigenvalue weighted by molar-refractivity contribution is 7.89. The molecule has 0 aliphatic rings. The van der Waals surface area contributed by atoms with E-state index in [-0.39, 0.29) is 23.7 Å². The van der Waals surface area contributed by atoms with Crippen LogP contribution in [0.1, 0.15) is 12.6 Å². The first-order valence-corrected chi connectivity index (χ1v) is 6.82. The van der Waals surface area contributed by atoms with Gasteiger partial charge in [0.2, 0.25) is 10.0 Å². The molecule has 0 saturated carbocycles. The molecule has 0 radical (unpaired) electrons. The van der Waals surface area contributed by atoms with Gasteiger partial charge in [0.25, 0.3) is 0 Å². The molecular formula is C11H13N3O4S. The van der Waals surface area contributed by atoms with Crippen molar-refractivity contribution in [2.24, 2.45) is 0 Å². The molecule has 102 valence electrons. The summed E-state index contributed by atoms with van der Waals surface area (Å²) in [6.07, 6.45) is 1.09. The summed E-state index contributed by atoms with van der Waals surface area (Å²) in [5.41, 5.74) is 0.120. The second-order valence-electron chi connectivity index (χ2n) is 3.50. The van der Waals surface area contributed by atoms with Crippen LogP contribution < -0.4 is 0 Å². The van der Waals surface area contributed by atoms with Gasteiger partial charge in [0.1, 0.15) is 23.2 Å². The van der Waals surface area contributed by atoms with E-state index < -0.39 is 16.0 Å². The number of hydrogen-bond donors (Lipinski definition) is 0. The van der Waals surface area contributed by atoms with E-state index in [2.05, 4.69) is 9.72 Å². The van der Waals surface area contributed by atoms with Crippen LogP contribution in [0.25, 0.3) is 0 Å². The zero-order valence-electron chi connectivity index (χ0n) is 10.5. The fraction of sp³-hybridized carbons (Fsp3) is 0.364. The van der Waals surface area contributed by atoms with Crippen molar-refractivity contribution in [1.29, 1.82) is 5.26 Å². The van der Waals surface area contributed by atoms with Crippen molar-refractivity contribution in [3.8, 4) is 6.07 Å². The molecule has 0 aliphatic carbocycles. The molecular weight excluding hydrogens is 270 g/mol. The highest BCUT2D eigenvalue weighted by atomic mass is 32.2. The zero-order valence-corrected chi connectivity index (χ0v) is 11.3. The van der Waals surface area contributed by atoms with Gasteiger partial charge < -0.3 is 4.74 Å². The lowest BCUT2D eigenvalue weighted by Crippen LogP contribution is -2.36. The third-order valence-electron chi connectivity index (χ3n) is 2.37. The van der Waals surface area contributed by atoms with E-state index in [0.29, 0.717) is 0 Å². The fourth-order valence-electron chi connectivity index (χ4n) is 1.32. The predicted molar refractivity (Wildman–Crippen MR) is 65.4 cm³/mol. The van der Waals surface area contributed by atoms with E-state index in [4.69, 9.17) is 5.26 Å². The molecule has 0 spiro atoms. The Labute approximate surface area is 111 Å². The maximum absolute atomic E-state index is 12.2. The Morgan fingerprint density at radius 2 is 2.21 bits per heavy atom. The van der Waals surface area contributed by atoms with Crippen LogP contribution in [0.3, 0.4) is 0 Å². The maximum Gasteiger partial charge on any atom is 0.321 e. The summed E-state index contributed by atoms with van der Waals surface area (Å²) in [5, 5.41) is 8.60. The molecule has 0 aliphatic heterocycles. The highest BCUT2D eigenvalue weighted by Crippen LogP contribution is 2.14. The number of pyridine rings is 1. The van der Waals surface area contributed by atoms with Crippen molar-refractivity contribution < 1.29 is 17.9 Å². The summed E-state index contributed by atoms with van der Waals surface area (Å²) in [5.74, 6) is -0.646. The topological polar surface area (TPSA) is 100 Å². The molecule has 1 rings (SSSR count). The number of nitriles is 1. The Balaban J connectivity index is 3.06. The number of carbonyl (C=O) groups excluding carboxylic acids is 1. The highest BCUT2D eigenvalue weighted by Gasteiger charge is 2.25. The predicted octanol–water partition coefficient (Wildman–Crippen LogP) is 0.137. The number of ether oxygens (including phenoxy) is 1. The largest absolute Gasteiger partial charge is 0.468 e. The van der Waals surface area contributed by atoms with Gasteiger partial charge in [0.15, 0.2) is 0 Å². The first-order valence-electron chi connectivity index (χ1n) is 5.38. The van der Waals surface area contributed by atoms with Gasteiger partial charge in [-0.25, -0.2) is 13.4 Å². The molecule has 0 amide bonds. The minimum atomic E-state index is -3.82. The third kappa shape index (κ3) is 3.49. The van der Waals surface area contributed by atoms with Gasteiger partial charge in [-0.05, 0) is 12.1 Å². The smallest absolute Gasteiger partial charge is 0.321 e. The lowest BCUT2D eigenvalue weighted by Gasteiger charge is -2.18. The van der Waals surface area contributed by atoms with E-state index in [1.54, 1.807) is 13.0 Å². The van der Waals surface area contributed by atoms with E-state index >= 15 is 0 Å². The molecule has 0 fully saturated rings. The molecule has 19 heavy (non-hydrogen) atoms. The zero-order chi connectivity index (χ0) is 14.5. The Morgan fingerprint density at radius 3 is 2.63 bits per heavy atom. The number of likely N-dealkylation sites (N-methyl/N-ethyl adjacent to an activating group) is 1. The quantitative estimate of drug-likeness (QED) is 0.712. The normalized spacial score (nSPS) is 11.1. The van der Waals surface area contributed by atoms with Gasteiger partial charge in [0.05, 0.1) is 7.11 Å². The molecule has 0 bridgehead atoms. The van der Waals surface area contributed by atoms with E-state index in [1.165, 1.54) is 19.2 Å². The molecule has 0 atom stereocenters. The van der Waals surface area contributed by atoms with Gasteiger partial charge in [-0.3, -0.25) is 4.79 Å². The Kier molecular flexibility index (Phi) is 4.97. The van der Waals surface area contributed by atoms with Gasteiger partial charge in [-0.2, -0.15) is 9.57 Å². The number of esters is 1. The van der Waals surface area contributed by atoms with E-state index in [1.807, 2.05) is 0 Å². The first kappa shape index (κ1) is 15.1. The SMILES string of the molecule is CCN(CC(=O)OC)S(=O)(=O)c1ccc(C#N)nc1. The minimum Gasteiger partial charge on any atom is -0.468 e. The molecule has 0 aromatic carbocycles. The Morgan fingerprint density at radius 1 is 1.53 bits per heavy atom. The summed E-state index contributed by atoms with van der Waals surface area (Å²) < 4.78 is 29.8. The number of hydrogen-bond acceptors (Lipinski definition) is 6. The van der Waals surface area contributed by atoms with Crippen molar-refractivity contribution in [3.05, 3.63) is 24.0 Å². The standard InChI is InChI=1S/C11H13N3O4S/c1-3-14(8-11(15)18-2)19(16,17)10-5-4-9(6-12)13-7-10/h4-5,7H,3,8H2,1-2H3. The van der Waals surface area contributed by atoms with Gasteiger partial charge in [0, 0.05) is 12.7 Å². The number of sulfonamides is 1. The average Bonchev–Trinajstić information content (AvgIpc) is 2.44. The number of aromatic nitrogens is 1. The van der Waals surface area contributed by atoms with Crippen molar-refractivity contribution >= 4 is 16.0 Å². The van der Waals surface area contributed by atoms with Crippen molar-refractivity contribution in [2.75, 3.05) is 20.2 Å². The molecule has 0 N–H and O–H groups in total. The number of methoxy groups -OCH3 is 1. The fourth-order valence-corrected chi connectivity index (χ4v) is 2.66. The number of carbonyl (C=O) groups is 1. The first-order chi connectivity index (χ1) is 8.95. The van der Waals surface area contributed by atoms with E-state index in [0.717, 1.165) is 10.5 Å². The van der Waals surface area contributed by atoms with Crippen LogP contribution in [-0.2, 0) is 19.6 Å². The van der Waals surface area contributed by atoms with Crippen LogP contribution in [0.5, 0.6) is 0 Å². The van der Waals surface area contributed by atoms with E-state index in [9.17, 15) is 13.2 Å². The van der Waals surface area contributed by atoms with Crippen LogP contribution >= 0.6 is 0 Å². The lowest BCUT2D eigenvalue weighted by molar-refractivity contribution is -0.140. The van der Waals surface area contributed by atoms with Crippen LogP contribution in [-0.4, -0.2) is 43.9 Å². The second kappa shape index (κ2) is 6.26. The third-order valence-corrected chi connectivity index (χ3v) is 4.28. The number of rotatable bonds is 5. The van der Waals surface area contributed by atoms with Crippen LogP contribution in [0.4, 0.5) is 0 Å². The molecule has 0 saturated heterocycles. The molecule has 1 heterocycles. The number of nitrogens with zero attached hydrogens (tertiary/aromatic N) is 3. The van der Waals surface area contributed by atoms with Crippen molar-refractivity contribution in [2.45, 2.75) is 11.8 Å². The molecule has 0 unspecified atom stereocenters. The second-order valence-corrected chi connectivity index (χ2v) is 5.44. The Hall–Kier alpha value is -1.98. The van der Waals surface area contributed by atoms with Crippen LogP contribution in [0, 0.1) is 11.3 Å². The molecule has 7 nitrogen and oxygen atoms in total. The molecule has 8 heteroatoms. The summed E-state index contributed by atoms with van der Waals surface area (Å²) in [4.78, 5) is 14.8. The van der Waals surface area contributed by atoms with Crippen LogP contribution in [0.15, 0.2) is 23.2 Å². The molecule has 1 aromatic heterocycles. The Bertz CT molecular complexity index is 589. The maximum atomic E-state index is 12.2. The molecule has 1 aromatic rings. The monoisotopic (exact) mass is 283 g/mol. The van der Waals surface area contributed by atoms with Crippen LogP contribution in [0.2, 0.25) is 0 Å². The van der Waals surface area contributed by atoms with Crippen molar-refractivity contribution in [1.82, 2.24) is 9.29 Å². The van der Waals surface area contributed by atoms with Gasteiger partial charge in [-0.15, -0.1) is 0 Å². The average molecular weight is 283 g/mol. The van der Waals surface area contributed by atoms with Gasteiger partial charge in [-0.1, -0.05) is 6.92 Å².